The molecule has 0 amide bonds. The summed E-state index contributed by atoms with van der Waals surface area (Å²) in [6, 6.07) is 0.0887. The maximum atomic E-state index is 12.9. The molecule has 1 fully saturated rings. The van der Waals surface area contributed by atoms with Crippen molar-refractivity contribution < 1.29 is 8.42 Å². The molecule has 1 aliphatic heterocycles. The van der Waals surface area contributed by atoms with Crippen molar-refractivity contribution in [1.82, 2.24) is 19.8 Å². The molecular formula is C13H24N4O2S2. The van der Waals surface area contributed by atoms with Crippen LogP contribution in [0.25, 0.3) is 0 Å². The zero-order valence-corrected chi connectivity index (χ0v) is 14.5. The molecule has 0 saturated carbocycles. The van der Waals surface area contributed by atoms with E-state index in [1.54, 1.807) is 14.0 Å². The van der Waals surface area contributed by atoms with Gasteiger partial charge in [0.05, 0.1) is 11.4 Å². The van der Waals surface area contributed by atoms with Gasteiger partial charge in [0, 0.05) is 25.4 Å². The maximum Gasteiger partial charge on any atom is 0.246 e. The van der Waals surface area contributed by atoms with Crippen LogP contribution < -0.4 is 5.32 Å². The monoisotopic (exact) mass is 332 g/mol. The van der Waals surface area contributed by atoms with Crippen molar-refractivity contribution in [1.29, 1.82) is 0 Å². The molecule has 1 atom stereocenters. The molecule has 1 aliphatic rings. The van der Waals surface area contributed by atoms with Crippen LogP contribution in [0.1, 0.15) is 31.2 Å². The van der Waals surface area contributed by atoms with E-state index in [2.05, 4.69) is 22.4 Å². The first kappa shape index (κ1) is 16.8. The molecule has 0 aliphatic carbocycles. The van der Waals surface area contributed by atoms with Gasteiger partial charge in [-0.3, -0.25) is 5.10 Å². The second kappa shape index (κ2) is 7.13. The first-order valence-corrected chi connectivity index (χ1v) is 9.88. The predicted octanol–water partition coefficient (Wildman–Crippen LogP) is 1.34. The minimum atomic E-state index is -3.49. The number of H-pyrrole nitrogens is 1. The zero-order valence-electron chi connectivity index (χ0n) is 12.8. The molecule has 1 unspecified atom stereocenters. The fourth-order valence-electron chi connectivity index (χ4n) is 2.46. The van der Waals surface area contributed by atoms with Gasteiger partial charge < -0.3 is 5.32 Å². The minimum absolute atomic E-state index is 0.0887. The van der Waals surface area contributed by atoms with Gasteiger partial charge in [-0.1, -0.05) is 6.92 Å². The Morgan fingerprint density at radius 2 is 2.29 bits per heavy atom. The lowest BCUT2D eigenvalue weighted by molar-refractivity contribution is 0.394. The number of nitrogens with one attached hydrogen (secondary N) is 2. The summed E-state index contributed by atoms with van der Waals surface area (Å²) in [6.07, 6.45) is 1.92. The van der Waals surface area contributed by atoms with Crippen LogP contribution in [0.2, 0.25) is 0 Å². The highest BCUT2D eigenvalue weighted by atomic mass is 32.2. The van der Waals surface area contributed by atoms with E-state index < -0.39 is 10.0 Å². The van der Waals surface area contributed by atoms with Crippen LogP contribution >= 0.6 is 11.8 Å². The summed E-state index contributed by atoms with van der Waals surface area (Å²) in [6.45, 7) is 5.16. The van der Waals surface area contributed by atoms with Crippen molar-refractivity contribution in [2.75, 3.05) is 25.1 Å². The molecule has 2 N–H and O–H groups in total. The van der Waals surface area contributed by atoms with Crippen LogP contribution in [-0.4, -0.2) is 54.1 Å². The van der Waals surface area contributed by atoms with E-state index in [-0.39, 0.29) is 6.04 Å². The molecule has 0 bridgehead atoms. The maximum absolute atomic E-state index is 12.9. The Morgan fingerprint density at radius 1 is 1.52 bits per heavy atom. The van der Waals surface area contributed by atoms with E-state index in [9.17, 15) is 8.42 Å². The largest absolute Gasteiger partial charge is 0.311 e. The van der Waals surface area contributed by atoms with E-state index in [0.29, 0.717) is 22.8 Å². The number of hydrogen-bond donors (Lipinski definition) is 2. The van der Waals surface area contributed by atoms with E-state index >= 15 is 0 Å². The standard InChI is InChI=1S/C13H24N4O2S2/c1-4-6-14-8-12-13(10(2)15-16-12)21(18,19)17(3)11-5-7-20-9-11/h11,14H,4-9H2,1-3H3,(H,15,16). The number of rotatable bonds is 7. The summed E-state index contributed by atoms with van der Waals surface area (Å²) in [5, 5.41) is 10.2. The van der Waals surface area contributed by atoms with E-state index in [1.165, 1.54) is 4.31 Å². The van der Waals surface area contributed by atoms with Crippen molar-refractivity contribution in [2.45, 2.75) is 44.2 Å². The van der Waals surface area contributed by atoms with Crippen molar-refractivity contribution in [3.05, 3.63) is 11.4 Å². The SMILES string of the molecule is CCCNCc1n[nH]c(C)c1S(=O)(=O)N(C)C1CCSC1. The Bertz CT molecular complexity index is 565. The first-order chi connectivity index (χ1) is 9.98. The Kier molecular flexibility index (Phi) is 5.70. The zero-order chi connectivity index (χ0) is 15.5. The third-order valence-corrected chi connectivity index (χ3v) is 7.00. The van der Waals surface area contributed by atoms with Crippen molar-refractivity contribution >= 4 is 21.8 Å². The number of aromatic amines is 1. The van der Waals surface area contributed by atoms with Gasteiger partial charge in [0.25, 0.3) is 0 Å². The summed E-state index contributed by atoms with van der Waals surface area (Å²) in [4.78, 5) is 0.338. The topological polar surface area (TPSA) is 78.1 Å². The molecule has 8 heteroatoms. The summed E-state index contributed by atoms with van der Waals surface area (Å²) in [7, 11) is -1.81. The molecule has 120 valence electrons. The summed E-state index contributed by atoms with van der Waals surface area (Å²) in [5.41, 5.74) is 1.19. The van der Waals surface area contributed by atoms with Gasteiger partial charge in [-0.2, -0.15) is 21.2 Å². The summed E-state index contributed by atoms with van der Waals surface area (Å²) < 4.78 is 27.3. The van der Waals surface area contributed by atoms with Gasteiger partial charge in [-0.15, -0.1) is 0 Å². The fourth-order valence-corrected chi connectivity index (χ4v) is 5.53. The van der Waals surface area contributed by atoms with Gasteiger partial charge in [0.1, 0.15) is 4.90 Å². The average molecular weight is 332 g/mol. The number of aryl methyl sites for hydroxylation is 1. The molecule has 2 heterocycles. The Labute approximate surface area is 131 Å². The smallest absolute Gasteiger partial charge is 0.246 e. The van der Waals surface area contributed by atoms with E-state index in [4.69, 9.17) is 0 Å². The molecule has 21 heavy (non-hydrogen) atoms. The number of nitrogens with zero attached hydrogens (tertiary/aromatic N) is 2. The highest BCUT2D eigenvalue weighted by Crippen LogP contribution is 2.28. The minimum Gasteiger partial charge on any atom is -0.311 e. The van der Waals surface area contributed by atoms with Gasteiger partial charge >= 0.3 is 0 Å². The van der Waals surface area contributed by atoms with Crippen LogP contribution in [0.5, 0.6) is 0 Å². The van der Waals surface area contributed by atoms with Crippen molar-refractivity contribution in [2.24, 2.45) is 0 Å². The molecule has 0 spiro atoms. The first-order valence-electron chi connectivity index (χ1n) is 7.28. The highest BCUT2D eigenvalue weighted by Gasteiger charge is 2.34. The number of aromatic nitrogens is 2. The number of thioether (sulfide) groups is 1. The second-order valence-corrected chi connectivity index (χ2v) is 8.42. The molecule has 1 aromatic rings. The Balaban J connectivity index is 2.24. The third-order valence-electron chi connectivity index (χ3n) is 3.74. The highest BCUT2D eigenvalue weighted by molar-refractivity contribution is 7.99. The van der Waals surface area contributed by atoms with Gasteiger partial charge in [0.15, 0.2) is 0 Å². The van der Waals surface area contributed by atoms with Crippen LogP contribution in [0.3, 0.4) is 0 Å². The lowest BCUT2D eigenvalue weighted by Crippen LogP contribution is -2.37. The molecular weight excluding hydrogens is 308 g/mol. The molecule has 1 aromatic heterocycles. The van der Waals surface area contributed by atoms with Crippen molar-refractivity contribution in [3.63, 3.8) is 0 Å². The second-order valence-electron chi connectivity index (χ2n) is 5.34. The Morgan fingerprint density at radius 3 is 2.90 bits per heavy atom. The average Bonchev–Trinajstić information content (AvgIpc) is 3.08. The number of sulfonamides is 1. The molecule has 0 aromatic carbocycles. The van der Waals surface area contributed by atoms with Crippen LogP contribution in [0.4, 0.5) is 0 Å². The van der Waals surface area contributed by atoms with E-state index in [1.807, 2.05) is 11.8 Å². The Hall–Kier alpha value is -0.570. The lowest BCUT2D eigenvalue weighted by atomic mass is 10.3. The third kappa shape index (κ3) is 3.61. The normalized spacial score (nSPS) is 19.5. The molecule has 6 nitrogen and oxygen atoms in total. The molecule has 1 saturated heterocycles. The predicted molar refractivity (Wildman–Crippen MR) is 86.0 cm³/mol. The lowest BCUT2D eigenvalue weighted by Gasteiger charge is -2.23. The van der Waals surface area contributed by atoms with Gasteiger partial charge in [-0.25, -0.2) is 8.42 Å². The van der Waals surface area contributed by atoms with Crippen LogP contribution in [-0.2, 0) is 16.6 Å². The van der Waals surface area contributed by atoms with Gasteiger partial charge in [0.2, 0.25) is 10.0 Å². The fraction of sp³-hybridized carbons (Fsp3) is 0.769. The molecule has 2 rings (SSSR count). The number of hydrogen-bond acceptors (Lipinski definition) is 5. The van der Waals surface area contributed by atoms with Crippen LogP contribution in [0, 0.1) is 6.92 Å². The van der Waals surface area contributed by atoms with Crippen molar-refractivity contribution in [3.8, 4) is 0 Å². The van der Waals surface area contributed by atoms with E-state index in [0.717, 1.165) is 30.9 Å². The van der Waals surface area contributed by atoms with Gasteiger partial charge in [-0.05, 0) is 32.1 Å². The quantitative estimate of drug-likeness (QED) is 0.737. The molecule has 0 radical (unpaired) electrons. The summed E-state index contributed by atoms with van der Waals surface area (Å²) >= 11 is 1.81. The van der Waals surface area contributed by atoms with Crippen LogP contribution in [0.15, 0.2) is 4.90 Å². The summed E-state index contributed by atoms with van der Waals surface area (Å²) in [5.74, 6) is 1.90.